The van der Waals surface area contributed by atoms with E-state index in [-0.39, 0.29) is 16.2 Å². The third-order valence-electron chi connectivity index (χ3n) is 3.43. The number of hydrogen-bond donors (Lipinski definition) is 1. The lowest BCUT2D eigenvalue weighted by molar-refractivity contribution is -0.143. The van der Waals surface area contributed by atoms with Crippen LogP contribution in [-0.2, 0) is 25.0 Å². The second kappa shape index (κ2) is 6.79. The van der Waals surface area contributed by atoms with E-state index < -0.39 is 22.0 Å². The summed E-state index contributed by atoms with van der Waals surface area (Å²) >= 11 is 0. The zero-order valence-electron chi connectivity index (χ0n) is 14.0. The molecule has 1 aromatic carbocycles. The van der Waals surface area contributed by atoms with Crippen molar-refractivity contribution in [3.8, 4) is 0 Å². The number of nitrogens with one attached hydrogen (secondary N) is 1. The average Bonchev–Trinajstić information content (AvgIpc) is 2.43. The molecule has 5 nitrogen and oxygen atoms in total. The zero-order valence-corrected chi connectivity index (χ0v) is 14.8. The lowest BCUT2D eigenvalue weighted by Gasteiger charge is -2.21. The van der Waals surface area contributed by atoms with Crippen LogP contribution in [0.1, 0.15) is 40.2 Å². The molecular formula is C16H25NO4S. The van der Waals surface area contributed by atoms with Crippen molar-refractivity contribution in [1.29, 1.82) is 0 Å². The fraction of sp³-hybridized carbons (Fsp3) is 0.562. The number of sulfonamides is 1. The molecule has 0 bridgehead atoms. The summed E-state index contributed by atoms with van der Waals surface area (Å²) in [6.07, 6.45) is 0. The number of carbonyl (C=O) groups excluding carboxylic acids is 1. The first-order valence-electron chi connectivity index (χ1n) is 7.19. The van der Waals surface area contributed by atoms with Gasteiger partial charge in [0.1, 0.15) is 6.04 Å². The first kappa shape index (κ1) is 18.6. The van der Waals surface area contributed by atoms with Crippen molar-refractivity contribution in [2.45, 2.75) is 51.0 Å². The SMILES string of the molecule is COC(=O)C(NS(=O)(=O)c1ccc(C(C)(C)C)cc1)C(C)C. The Morgan fingerprint density at radius 1 is 1.14 bits per heavy atom. The Kier molecular flexibility index (Phi) is 5.76. The number of ether oxygens (including phenoxy) is 1. The molecule has 0 heterocycles. The third-order valence-corrected chi connectivity index (χ3v) is 4.89. The first-order chi connectivity index (χ1) is 9.99. The molecule has 1 aromatic rings. The van der Waals surface area contributed by atoms with E-state index in [0.717, 1.165) is 5.56 Å². The van der Waals surface area contributed by atoms with Crippen LogP contribution in [0.15, 0.2) is 29.2 Å². The highest BCUT2D eigenvalue weighted by Gasteiger charge is 2.29. The second-order valence-corrected chi connectivity index (χ2v) is 8.35. The van der Waals surface area contributed by atoms with Gasteiger partial charge in [-0.15, -0.1) is 0 Å². The minimum absolute atomic E-state index is 0.0534. The van der Waals surface area contributed by atoms with E-state index in [1.54, 1.807) is 38.1 Å². The number of esters is 1. The van der Waals surface area contributed by atoms with Crippen LogP contribution in [0.5, 0.6) is 0 Å². The van der Waals surface area contributed by atoms with Crippen molar-refractivity contribution in [3.05, 3.63) is 29.8 Å². The van der Waals surface area contributed by atoms with Crippen LogP contribution >= 0.6 is 0 Å². The van der Waals surface area contributed by atoms with E-state index >= 15 is 0 Å². The molecule has 0 spiro atoms. The minimum atomic E-state index is -3.77. The molecule has 0 fully saturated rings. The van der Waals surface area contributed by atoms with Crippen molar-refractivity contribution in [3.63, 3.8) is 0 Å². The summed E-state index contributed by atoms with van der Waals surface area (Å²) in [5.41, 5.74) is 0.988. The molecule has 22 heavy (non-hydrogen) atoms. The molecule has 124 valence electrons. The summed E-state index contributed by atoms with van der Waals surface area (Å²) < 4.78 is 31.9. The molecule has 0 amide bonds. The van der Waals surface area contributed by atoms with Gasteiger partial charge in [0, 0.05) is 0 Å². The number of rotatable bonds is 5. The van der Waals surface area contributed by atoms with Crippen LogP contribution in [0.3, 0.4) is 0 Å². The van der Waals surface area contributed by atoms with Gasteiger partial charge >= 0.3 is 5.97 Å². The predicted octanol–water partition coefficient (Wildman–Crippen LogP) is 2.46. The fourth-order valence-electron chi connectivity index (χ4n) is 1.95. The highest BCUT2D eigenvalue weighted by Crippen LogP contribution is 2.23. The van der Waals surface area contributed by atoms with Crippen molar-refractivity contribution in [2.24, 2.45) is 5.92 Å². The van der Waals surface area contributed by atoms with Crippen molar-refractivity contribution in [2.75, 3.05) is 7.11 Å². The van der Waals surface area contributed by atoms with E-state index in [0.29, 0.717) is 0 Å². The highest BCUT2D eigenvalue weighted by molar-refractivity contribution is 7.89. The van der Waals surface area contributed by atoms with Crippen LogP contribution in [-0.4, -0.2) is 27.5 Å². The molecule has 0 aliphatic rings. The van der Waals surface area contributed by atoms with Gasteiger partial charge in [0.25, 0.3) is 0 Å². The molecule has 0 radical (unpaired) electrons. The summed E-state index contributed by atoms with van der Waals surface area (Å²) in [6, 6.07) is 5.78. The molecule has 0 saturated carbocycles. The topological polar surface area (TPSA) is 72.5 Å². The van der Waals surface area contributed by atoms with Crippen molar-refractivity contribution < 1.29 is 17.9 Å². The van der Waals surface area contributed by atoms with Crippen LogP contribution in [0, 0.1) is 5.92 Å². The molecule has 1 atom stereocenters. The summed E-state index contributed by atoms with van der Waals surface area (Å²) in [6.45, 7) is 9.68. The molecule has 1 N–H and O–H groups in total. The number of carbonyl (C=O) groups is 1. The van der Waals surface area contributed by atoms with E-state index in [1.165, 1.54) is 7.11 Å². The van der Waals surface area contributed by atoms with Crippen LogP contribution in [0.25, 0.3) is 0 Å². The van der Waals surface area contributed by atoms with Gasteiger partial charge in [-0.3, -0.25) is 4.79 Å². The summed E-state index contributed by atoms with van der Waals surface area (Å²) in [5, 5.41) is 0. The Labute approximate surface area is 133 Å². The quantitative estimate of drug-likeness (QED) is 0.843. The third kappa shape index (κ3) is 4.55. The predicted molar refractivity (Wildman–Crippen MR) is 86.1 cm³/mol. The lowest BCUT2D eigenvalue weighted by Crippen LogP contribution is -2.44. The molecule has 6 heteroatoms. The summed E-state index contributed by atoms with van der Waals surface area (Å²) in [7, 11) is -2.53. The van der Waals surface area contributed by atoms with Gasteiger partial charge in [-0.2, -0.15) is 4.72 Å². The highest BCUT2D eigenvalue weighted by atomic mass is 32.2. The molecule has 1 unspecified atom stereocenters. The first-order valence-corrected chi connectivity index (χ1v) is 8.68. The standard InChI is InChI=1S/C16H25NO4S/c1-11(2)14(15(18)21-6)17-22(19,20)13-9-7-12(8-10-13)16(3,4)5/h7-11,14,17H,1-6H3. The Bertz CT molecular complexity index is 613. The van der Waals surface area contributed by atoms with Gasteiger partial charge < -0.3 is 4.74 Å². The monoisotopic (exact) mass is 327 g/mol. The molecule has 0 saturated heterocycles. The van der Waals surface area contributed by atoms with Crippen LogP contribution in [0.4, 0.5) is 0 Å². The molecule has 0 aliphatic heterocycles. The average molecular weight is 327 g/mol. The zero-order chi connectivity index (χ0) is 17.1. The lowest BCUT2D eigenvalue weighted by atomic mass is 9.87. The van der Waals surface area contributed by atoms with Gasteiger partial charge in [-0.25, -0.2) is 8.42 Å². The summed E-state index contributed by atoms with van der Waals surface area (Å²) in [4.78, 5) is 11.8. The molecule has 0 aromatic heterocycles. The maximum atomic E-state index is 12.4. The smallest absolute Gasteiger partial charge is 0.324 e. The molecule has 1 rings (SSSR count). The number of methoxy groups -OCH3 is 1. The van der Waals surface area contributed by atoms with Gasteiger partial charge in [-0.05, 0) is 29.0 Å². The maximum absolute atomic E-state index is 12.4. The van der Waals surface area contributed by atoms with Gasteiger partial charge in [-0.1, -0.05) is 46.8 Å². The van der Waals surface area contributed by atoms with Crippen molar-refractivity contribution >= 4 is 16.0 Å². The largest absolute Gasteiger partial charge is 0.468 e. The van der Waals surface area contributed by atoms with Crippen LogP contribution < -0.4 is 4.72 Å². The van der Waals surface area contributed by atoms with E-state index in [1.807, 2.05) is 0 Å². The van der Waals surface area contributed by atoms with Gasteiger partial charge in [0.15, 0.2) is 0 Å². The van der Waals surface area contributed by atoms with E-state index in [2.05, 4.69) is 30.2 Å². The Balaban J connectivity index is 3.06. The number of benzene rings is 1. The molecule has 0 aliphatic carbocycles. The normalized spacial score (nSPS) is 14.0. The second-order valence-electron chi connectivity index (χ2n) is 6.64. The van der Waals surface area contributed by atoms with Gasteiger partial charge in [0.2, 0.25) is 10.0 Å². The van der Waals surface area contributed by atoms with Gasteiger partial charge in [0.05, 0.1) is 12.0 Å². The Morgan fingerprint density at radius 3 is 2.00 bits per heavy atom. The molecular weight excluding hydrogens is 302 g/mol. The summed E-state index contributed by atoms with van der Waals surface area (Å²) in [5.74, 6) is -0.805. The number of hydrogen-bond acceptors (Lipinski definition) is 4. The Morgan fingerprint density at radius 2 is 1.64 bits per heavy atom. The van der Waals surface area contributed by atoms with Crippen molar-refractivity contribution in [1.82, 2.24) is 4.72 Å². The van der Waals surface area contributed by atoms with E-state index in [9.17, 15) is 13.2 Å². The minimum Gasteiger partial charge on any atom is -0.468 e. The van der Waals surface area contributed by atoms with Crippen LogP contribution in [0.2, 0.25) is 0 Å². The maximum Gasteiger partial charge on any atom is 0.324 e. The fourth-order valence-corrected chi connectivity index (χ4v) is 3.29. The Hall–Kier alpha value is -1.40. The van der Waals surface area contributed by atoms with E-state index in [4.69, 9.17) is 0 Å².